The van der Waals surface area contributed by atoms with Gasteiger partial charge >= 0.3 is 0 Å². The molecule has 0 amide bonds. The Labute approximate surface area is 147 Å². The van der Waals surface area contributed by atoms with Gasteiger partial charge in [-0.3, -0.25) is 4.79 Å². The van der Waals surface area contributed by atoms with Gasteiger partial charge in [0.1, 0.15) is 0 Å². The van der Waals surface area contributed by atoms with Gasteiger partial charge in [0.05, 0.1) is 0 Å². The summed E-state index contributed by atoms with van der Waals surface area (Å²) in [6.07, 6.45) is 12.6. The third-order valence-corrected chi connectivity index (χ3v) is 5.31. The Morgan fingerprint density at radius 1 is 0.957 bits per heavy atom. The largest absolute Gasteiger partial charge is 0.375 e. The third-order valence-electron chi connectivity index (χ3n) is 4.78. The highest BCUT2D eigenvalue weighted by Crippen LogP contribution is 2.30. The van der Waals surface area contributed by atoms with E-state index in [0.717, 1.165) is 16.5 Å². The Hall–Kier alpha value is -1.35. The molecular weight excluding hydrogens is 350 g/mol. The number of benzene rings is 1. The first-order chi connectivity index (χ1) is 11.2. The second-order valence-corrected chi connectivity index (χ2v) is 7.35. The van der Waals surface area contributed by atoms with E-state index in [4.69, 9.17) is 0 Å². The molecule has 3 rings (SSSR count). The second kappa shape index (κ2) is 7.96. The van der Waals surface area contributed by atoms with Crippen LogP contribution in [0.1, 0.15) is 55.3 Å². The molecule has 0 radical (unpaired) electrons. The Morgan fingerprint density at radius 3 is 2.39 bits per heavy atom. The highest BCUT2D eigenvalue weighted by atomic mass is 79.9. The van der Waals surface area contributed by atoms with Gasteiger partial charge in [0.25, 0.3) is 0 Å². The molecular formula is C20H24BrNO. The fourth-order valence-electron chi connectivity index (χ4n) is 3.50. The fourth-order valence-corrected chi connectivity index (χ4v) is 3.77. The van der Waals surface area contributed by atoms with Gasteiger partial charge in [-0.1, -0.05) is 22.0 Å². The van der Waals surface area contributed by atoms with Crippen molar-refractivity contribution < 1.29 is 4.79 Å². The topological polar surface area (TPSA) is 20.3 Å². The Bertz CT molecular complexity index is 609. The molecule has 0 aromatic heterocycles. The van der Waals surface area contributed by atoms with Crippen molar-refractivity contribution in [1.29, 1.82) is 0 Å². The average Bonchev–Trinajstić information content (AvgIpc) is 2.61. The van der Waals surface area contributed by atoms with Crippen LogP contribution >= 0.6 is 15.9 Å². The number of allylic oxidation sites excluding steroid dienone is 4. The minimum atomic E-state index is 0.0913. The first-order valence-electron chi connectivity index (χ1n) is 8.69. The summed E-state index contributed by atoms with van der Waals surface area (Å²) in [5.41, 5.74) is 3.62. The maximum Gasteiger partial charge on any atom is 0.185 e. The van der Waals surface area contributed by atoms with Gasteiger partial charge in [0.15, 0.2) is 5.78 Å². The van der Waals surface area contributed by atoms with E-state index in [1.165, 1.54) is 62.9 Å². The maximum atomic E-state index is 12.3. The SMILES string of the molecule is O=C(/C=C\C1=C(N2CCCCC2)CCCC1)c1ccc(Br)cc1. The molecule has 0 atom stereocenters. The first kappa shape index (κ1) is 16.5. The number of hydrogen-bond acceptors (Lipinski definition) is 2. The van der Waals surface area contributed by atoms with E-state index in [2.05, 4.69) is 26.9 Å². The van der Waals surface area contributed by atoms with E-state index in [-0.39, 0.29) is 5.78 Å². The van der Waals surface area contributed by atoms with E-state index >= 15 is 0 Å². The van der Waals surface area contributed by atoms with Gasteiger partial charge < -0.3 is 4.90 Å². The molecule has 0 bridgehead atoms. The Balaban J connectivity index is 1.76. The molecule has 1 fully saturated rings. The highest BCUT2D eigenvalue weighted by Gasteiger charge is 2.19. The smallest absolute Gasteiger partial charge is 0.185 e. The zero-order valence-corrected chi connectivity index (χ0v) is 15.1. The molecule has 1 heterocycles. The van der Waals surface area contributed by atoms with Gasteiger partial charge in [-0.05, 0) is 80.9 Å². The molecule has 1 aliphatic heterocycles. The predicted octanol–water partition coefficient (Wildman–Crippen LogP) is 5.50. The monoisotopic (exact) mass is 373 g/mol. The number of hydrogen-bond donors (Lipinski definition) is 0. The molecule has 1 aromatic rings. The molecule has 1 aliphatic carbocycles. The lowest BCUT2D eigenvalue weighted by atomic mass is 9.93. The van der Waals surface area contributed by atoms with Crippen molar-refractivity contribution in [2.45, 2.75) is 44.9 Å². The van der Waals surface area contributed by atoms with Crippen LogP contribution < -0.4 is 0 Å². The van der Waals surface area contributed by atoms with E-state index in [9.17, 15) is 4.79 Å². The Morgan fingerprint density at radius 2 is 1.65 bits per heavy atom. The van der Waals surface area contributed by atoms with Crippen LogP contribution in [0.3, 0.4) is 0 Å². The number of piperidine rings is 1. The highest BCUT2D eigenvalue weighted by molar-refractivity contribution is 9.10. The number of carbonyl (C=O) groups is 1. The lowest BCUT2D eigenvalue weighted by molar-refractivity contribution is 0.104. The van der Waals surface area contributed by atoms with Crippen LogP contribution in [0.25, 0.3) is 0 Å². The number of carbonyl (C=O) groups excluding carboxylic acids is 1. The third kappa shape index (κ3) is 4.35. The summed E-state index contributed by atoms with van der Waals surface area (Å²) in [6.45, 7) is 2.38. The van der Waals surface area contributed by atoms with Crippen molar-refractivity contribution in [1.82, 2.24) is 4.90 Å². The second-order valence-electron chi connectivity index (χ2n) is 6.43. The standard InChI is InChI=1S/C20H24BrNO/c21-18-11-8-17(9-12-18)20(23)13-10-16-6-2-3-7-19(16)22-14-4-1-5-15-22/h8-13H,1-7,14-15H2/b13-10-. The van der Waals surface area contributed by atoms with E-state index in [0.29, 0.717) is 0 Å². The lowest BCUT2D eigenvalue weighted by Gasteiger charge is -2.34. The molecule has 1 aromatic carbocycles. The van der Waals surface area contributed by atoms with Crippen LogP contribution in [-0.2, 0) is 0 Å². The molecule has 2 nitrogen and oxygen atoms in total. The molecule has 23 heavy (non-hydrogen) atoms. The summed E-state index contributed by atoms with van der Waals surface area (Å²) in [5.74, 6) is 0.0913. The first-order valence-corrected chi connectivity index (χ1v) is 9.48. The molecule has 1 saturated heterocycles. The zero-order valence-electron chi connectivity index (χ0n) is 13.6. The number of halogens is 1. The molecule has 3 heteroatoms. The summed E-state index contributed by atoms with van der Waals surface area (Å²) < 4.78 is 1.00. The Kier molecular flexibility index (Phi) is 5.71. The van der Waals surface area contributed by atoms with Gasteiger partial charge in [-0.2, -0.15) is 0 Å². The zero-order chi connectivity index (χ0) is 16.1. The van der Waals surface area contributed by atoms with Crippen molar-refractivity contribution in [3.63, 3.8) is 0 Å². The molecule has 0 spiro atoms. The lowest BCUT2D eigenvalue weighted by Crippen LogP contribution is -2.30. The molecule has 0 N–H and O–H groups in total. The van der Waals surface area contributed by atoms with Crippen LogP contribution in [0.15, 0.2) is 52.2 Å². The number of nitrogens with zero attached hydrogens (tertiary/aromatic N) is 1. The van der Waals surface area contributed by atoms with E-state index in [1.807, 2.05) is 24.3 Å². The average molecular weight is 374 g/mol. The van der Waals surface area contributed by atoms with Crippen molar-refractivity contribution in [2.75, 3.05) is 13.1 Å². The van der Waals surface area contributed by atoms with Gasteiger partial charge in [-0.15, -0.1) is 0 Å². The van der Waals surface area contributed by atoms with Gasteiger partial charge in [0, 0.05) is 28.8 Å². The van der Waals surface area contributed by atoms with Crippen molar-refractivity contribution >= 4 is 21.7 Å². The van der Waals surface area contributed by atoms with Crippen molar-refractivity contribution in [3.05, 3.63) is 57.7 Å². The van der Waals surface area contributed by atoms with Crippen LogP contribution in [0.2, 0.25) is 0 Å². The van der Waals surface area contributed by atoms with Crippen LogP contribution in [0.4, 0.5) is 0 Å². The van der Waals surface area contributed by atoms with Crippen LogP contribution in [0, 0.1) is 0 Å². The molecule has 0 unspecified atom stereocenters. The minimum absolute atomic E-state index is 0.0913. The summed E-state index contributed by atoms with van der Waals surface area (Å²) in [6, 6.07) is 7.58. The summed E-state index contributed by atoms with van der Waals surface area (Å²) in [7, 11) is 0. The van der Waals surface area contributed by atoms with E-state index in [1.54, 1.807) is 6.08 Å². The minimum Gasteiger partial charge on any atom is -0.375 e. The van der Waals surface area contributed by atoms with Crippen molar-refractivity contribution in [2.24, 2.45) is 0 Å². The number of ketones is 1. The van der Waals surface area contributed by atoms with Gasteiger partial charge in [0.2, 0.25) is 0 Å². The molecule has 2 aliphatic rings. The molecule has 0 saturated carbocycles. The number of likely N-dealkylation sites (tertiary alicyclic amines) is 1. The quantitative estimate of drug-likeness (QED) is 0.512. The predicted molar refractivity (Wildman–Crippen MR) is 98.5 cm³/mol. The summed E-state index contributed by atoms with van der Waals surface area (Å²) >= 11 is 3.41. The van der Waals surface area contributed by atoms with Crippen LogP contribution in [0.5, 0.6) is 0 Å². The molecule has 122 valence electrons. The summed E-state index contributed by atoms with van der Waals surface area (Å²) in [4.78, 5) is 14.9. The maximum absolute atomic E-state index is 12.3. The van der Waals surface area contributed by atoms with Crippen molar-refractivity contribution in [3.8, 4) is 0 Å². The summed E-state index contributed by atoms with van der Waals surface area (Å²) in [5, 5.41) is 0. The fraction of sp³-hybridized carbons (Fsp3) is 0.450. The number of rotatable bonds is 4. The normalized spacial score (nSPS) is 19.4. The van der Waals surface area contributed by atoms with E-state index < -0.39 is 0 Å². The van der Waals surface area contributed by atoms with Crippen LogP contribution in [-0.4, -0.2) is 23.8 Å². The van der Waals surface area contributed by atoms with Gasteiger partial charge in [-0.25, -0.2) is 0 Å².